The van der Waals surface area contributed by atoms with Gasteiger partial charge in [-0.1, -0.05) is 39.0 Å². The molecule has 0 saturated heterocycles. The van der Waals surface area contributed by atoms with Crippen molar-refractivity contribution in [2.75, 3.05) is 18.1 Å². The number of hydrogen-bond acceptors (Lipinski definition) is 6. The molecular formula is C25H27N3O3S. The summed E-state index contributed by atoms with van der Waals surface area (Å²) in [4.78, 5) is 32.6. The van der Waals surface area contributed by atoms with Crippen molar-refractivity contribution in [1.82, 2.24) is 0 Å². The largest absolute Gasteiger partial charge is 0.465 e. The summed E-state index contributed by atoms with van der Waals surface area (Å²) in [5, 5.41) is 10.5. The number of ether oxygens (including phenoxy) is 1. The molecule has 1 aliphatic heterocycles. The van der Waals surface area contributed by atoms with Crippen LogP contribution in [0.3, 0.4) is 0 Å². The van der Waals surface area contributed by atoms with Gasteiger partial charge >= 0.3 is 5.97 Å². The number of thiophene rings is 1. The van der Waals surface area contributed by atoms with Crippen LogP contribution >= 0.6 is 11.3 Å². The van der Waals surface area contributed by atoms with Gasteiger partial charge in [0.15, 0.2) is 0 Å². The van der Waals surface area contributed by atoms with Crippen LogP contribution in [0, 0.1) is 22.7 Å². The molecule has 1 aromatic heterocycles. The zero-order chi connectivity index (χ0) is 23.0. The Labute approximate surface area is 192 Å². The third-order valence-corrected chi connectivity index (χ3v) is 7.44. The molecule has 1 amide bonds. The van der Waals surface area contributed by atoms with Gasteiger partial charge in [-0.2, -0.15) is 5.26 Å². The number of anilines is 1. The number of nitriles is 1. The monoisotopic (exact) mass is 449 g/mol. The van der Waals surface area contributed by atoms with E-state index in [0.717, 1.165) is 24.8 Å². The number of fused-ring (bicyclic) bond motifs is 2. The molecule has 0 spiro atoms. The number of carbonyl (C=O) groups excluding carboxylic acids is 2. The molecule has 4 rings (SSSR count). The minimum absolute atomic E-state index is 0.165. The summed E-state index contributed by atoms with van der Waals surface area (Å²) < 4.78 is 5.04. The van der Waals surface area contributed by atoms with Gasteiger partial charge in [0, 0.05) is 10.4 Å². The van der Waals surface area contributed by atoms with E-state index in [1.165, 1.54) is 21.1 Å². The van der Waals surface area contributed by atoms with E-state index < -0.39 is 5.97 Å². The fourth-order valence-corrected chi connectivity index (χ4v) is 5.72. The van der Waals surface area contributed by atoms with Crippen molar-refractivity contribution >= 4 is 39.6 Å². The number of amides is 1. The second-order valence-corrected chi connectivity index (χ2v) is 10.4. The number of carbonyl (C=O) groups is 2. The summed E-state index contributed by atoms with van der Waals surface area (Å²) in [5.41, 5.74) is 3.45. The highest BCUT2D eigenvalue weighted by atomic mass is 32.1. The van der Waals surface area contributed by atoms with Gasteiger partial charge in [0.05, 0.1) is 17.9 Å². The minimum Gasteiger partial charge on any atom is -0.465 e. The van der Waals surface area contributed by atoms with Gasteiger partial charge in [0.2, 0.25) is 0 Å². The number of esters is 1. The zero-order valence-corrected chi connectivity index (χ0v) is 19.7. The van der Waals surface area contributed by atoms with Crippen molar-refractivity contribution in [3.8, 4) is 6.07 Å². The van der Waals surface area contributed by atoms with Crippen LogP contribution in [0.5, 0.6) is 0 Å². The van der Waals surface area contributed by atoms with Crippen LogP contribution in [0.2, 0.25) is 0 Å². The molecule has 7 heteroatoms. The lowest BCUT2D eigenvalue weighted by atomic mass is 9.72. The van der Waals surface area contributed by atoms with Gasteiger partial charge in [-0.15, -0.1) is 11.3 Å². The number of hydrogen-bond donors (Lipinski definition) is 0. The molecule has 1 aromatic carbocycles. The first kappa shape index (κ1) is 22.2. The Bertz CT molecular complexity index is 1150. The topological polar surface area (TPSA) is 82.8 Å². The third kappa shape index (κ3) is 3.95. The smallest absolute Gasteiger partial charge is 0.326 e. The number of benzene rings is 1. The molecule has 166 valence electrons. The van der Waals surface area contributed by atoms with E-state index in [1.807, 2.05) is 18.2 Å². The van der Waals surface area contributed by atoms with E-state index in [0.29, 0.717) is 27.7 Å². The molecule has 6 nitrogen and oxygen atoms in total. The minimum atomic E-state index is -0.463. The molecule has 32 heavy (non-hydrogen) atoms. The third-order valence-electron chi connectivity index (χ3n) is 6.29. The van der Waals surface area contributed by atoms with Gasteiger partial charge in [0.1, 0.15) is 23.3 Å². The Hall–Kier alpha value is -2.98. The van der Waals surface area contributed by atoms with Crippen molar-refractivity contribution in [3.05, 3.63) is 45.8 Å². The van der Waals surface area contributed by atoms with Crippen LogP contribution in [0.15, 0.2) is 29.3 Å². The molecule has 0 fully saturated rings. The molecule has 2 aromatic rings. The Morgan fingerprint density at radius 3 is 2.78 bits per heavy atom. The molecule has 0 unspecified atom stereocenters. The highest BCUT2D eigenvalue weighted by molar-refractivity contribution is 7.16. The van der Waals surface area contributed by atoms with Gasteiger partial charge < -0.3 is 4.74 Å². The Morgan fingerprint density at radius 1 is 1.34 bits per heavy atom. The fraction of sp³-hybridized carbons (Fsp3) is 0.440. The fourth-order valence-electron chi connectivity index (χ4n) is 4.47. The van der Waals surface area contributed by atoms with Gasteiger partial charge in [-0.3, -0.25) is 14.5 Å². The van der Waals surface area contributed by atoms with Crippen molar-refractivity contribution in [1.29, 1.82) is 5.26 Å². The summed E-state index contributed by atoms with van der Waals surface area (Å²) in [5.74, 6) is -0.258. The van der Waals surface area contributed by atoms with Crippen molar-refractivity contribution in [2.24, 2.45) is 16.3 Å². The van der Waals surface area contributed by atoms with E-state index in [1.54, 1.807) is 13.0 Å². The highest BCUT2D eigenvalue weighted by Crippen LogP contribution is 2.45. The summed E-state index contributed by atoms with van der Waals surface area (Å²) >= 11 is 1.52. The molecule has 0 bridgehead atoms. The van der Waals surface area contributed by atoms with Crippen LogP contribution in [0.25, 0.3) is 0 Å². The number of rotatable bonds is 4. The van der Waals surface area contributed by atoms with E-state index >= 15 is 0 Å². The van der Waals surface area contributed by atoms with E-state index in [4.69, 9.17) is 9.73 Å². The lowest BCUT2D eigenvalue weighted by Crippen LogP contribution is -2.35. The van der Waals surface area contributed by atoms with Crippen molar-refractivity contribution < 1.29 is 14.3 Å². The highest BCUT2D eigenvalue weighted by Gasteiger charge is 2.37. The number of aliphatic imine (C=N–C) groups is 1. The summed E-state index contributed by atoms with van der Waals surface area (Å²) in [7, 11) is 0. The van der Waals surface area contributed by atoms with E-state index in [-0.39, 0.29) is 30.2 Å². The lowest BCUT2D eigenvalue weighted by Gasteiger charge is -2.33. The predicted octanol–water partition coefficient (Wildman–Crippen LogP) is 4.80. The van der Waals surface area contributed by atoms with Gasteiger partial charge in [-0.05, 0) is 49.1 Å². The van der Waals surface area contributed by atoms with Crippen molar-refractivity contribution in [3.63, 3.8) is 0 Å². The molecule has 2 heterocycles. The molecule has 1 aliphatic carbocycles. The maximum Gasteiger partial charge on any atom is 0.326 e. The predicted molar refractivity (Wildman–Crippen MR) is 126 cm³/mol. The zero-order valence-electron chi connectivity index (χ0n) is 18.9. The lowest BCUT2D eigenvalue weighted by molar-refractivity contribution is -0.142. The van der Waals surface area contributed by atoms with Gasteiger partial charge in [-0.25, -0.2) is 4.99 Å². The average molecular weight is 450 g/mol. The first-order valence-electron chi connectivity index (χ1n) is 10.9. The number of para-hydroxylation sites is 1. The average Bonchev–Trinajstić information content (AvgIpc) is 3.23. The van der Waals surface area contributed by atoms with Gasteiger partial charge in [0.25, 0.3) is 5.91 Å². The molecule has 1 atom stereocenters. The van der Waals surface area contributed by atoms with Crippen molar-refractivity contribution in [2.45, 2.75) is 47.0 Å². The normalized spacial score (nSPS) is 19.0. The maximum atomic E-state index is 13.2. The maximum absolute atomic E-state index is 13.2. The Balaban J connectivity index is 1.73. The van der Waals surface area contributed by atoms with E-state index in [9.17, 15) is 14.9 Å². The molecule has 2 aliphatic rings. The Morgan fingerprint density at radius 2 is 2.09 bits per heavy atom. The second-order valence-electron chi connectivity index (χ2n) is 9.28. The molecule has 0 saturated carbocycles. The Kier molecular flexibility index (Phi) is 5.91. The van der Waals surface area contributed by atoms with Crippen LogP contribution in [0.1, 0.15) is 55.7 Å². The van der Waals surface area contributed by atoms with Crippen LogP contribution < -0.4 is 4.90 Å². The van der Waals surface area contributed by atoms with E-state index in [2.05, 4.69) is 26.8 Å². The van der Waals surface area contributed by atoms with Crippen LogP contribution in [0.4, 0.5) is 10.7 Å². The summed E-state index contributed by atoms with van der Waals surface area (Å²) in [6.45, 7) is 8.60. The molecule has 0 radical (unpaired) electrons. The second kappa shape index (κ2) is 8.51. The first-order chi connectivity index (χ1) is 15.2. The standard InChI is InChI=1S/C25H27N3O3S/c1-5-31-21(29)14-28-19-9-7-6-8-17(19)22(24(28)30)27-23-18(13-26)16-11-10-15(25(2,3)4)12-20(16)32-23/h6-9,15H,5,10-12,14H2,1-4H3/t15-/m1/s1. The first-order valence-corrected chi connectivity index (χ1v) is 11.8. The summed E-state index contributed by atoms with van der Waals surface area (Å²) in [6, 6.07) is 9.62. The van der Waals surface area contributed by atoms with Crippen LogP contribution in [-0.4, -0.2) is 30.7 Å². The number of nitrogens with zero attached hydrogens (tertiary/aromatic N) is 3. The molecule has 0 N–H and O–H groups in total. The SMILES string of the molecule is CCOC(=O)CN1C(=O)C(=Nc2sc3c(c2C#N)CC[C@@H](C(C)(C)C)C3)c2ccccc21. The quantitative estimate of drug-likeness (QED) is 0.628. The molecular weight excluding hydrogens is 422 g/mol. The van der Waals surface area contributed by atoms with Crippen LogP contribution in [-0.2, 0) is 27.2 Å². The summed E-state index contributed by atoms with van der Waals surface area (Å²) in [6.07, 6.45) is 2.84.